The number of carbonyl (C=O) groups excluding carboxylic acids is 1. The van der Waals surface area contributed by atoms with Crippen molar-refractivity contribution in [3.63, 3.8) is 0 Å². The number of hydrogen-bond acceptors (Lipinski definition) is 3. The molecule has 0 atom stereocenters. The fourth-order valence-electron chi connectivity index (χ4n) is 2.61. The lowest BCUT2D eigenvalue weighted by molar-refractivity contribution is -0.115. The van der Waals surface area contributed by atoms with Gasteiger partial charge in [0, 0.05) is 25.8 Å². The van der Waals surface area contributed by atoms with Gasteiger partial charge in [0.25, 0.3) is 0 Å². The van der Waals surface area contributed by atoms with Gasteiger partial charge in [0.15, 0.2) is 0 Å². The van der Waals surface area contributed by atoms with Crippen LogP contribution in [-0.4, -0.2) is 29.8 Å². The lowest BCUT2D eigenvalue weighted by atomic mass is 10.1. The first-order chi connectivity index (χ1) is 12.5. The van der Waals surface area contributed by atoms with Gasteiger partial charge in [-0.15, -0.1) is 0 Å². The Morgan fingerprint density at radius 3 is 2.35 bits per heavy atom. The zero-order valence-electron chi connectivity index (χ0n) is 14.8. The molecule has 0 aliphatic carbocycles. The number of amides is 1. The lowest BCUT2D eigenvalue weighted by Gasteiger charge is -2.13. The van der Waals surface area contributed by atoms with E-state index in [4.69, 9.17) is 0 Å². The highest BCUT2D eigenvalue weighted by molar-refractivity contribution is 5.91. The van der Waals surface area contributed by atoms with Crippen LogP contribution >= 0.6 is 0 Å². The molecular weight excluding hydrogens is 331 g/mol. The predicted octanol–water partition coefficient (Wildman–Crippen LogP) is 3.32. The monoisotopic (exact) mass is 352 g/mol. The Labute approximate surface area is 152 Å². The molecule has 0 radical (unpaired) electrons. The van der Waals surface area contributed by atoms with Crippen molar-refractivity contribution >= 4 is 17.4 Å². The molecule has 0 unspecified atom stereocenters. The van der Waals surface area contributed by atoms with Gasteiger partial charge in [0.05, 0.1) is 19.2 Å². The van der Waals surface area contributed by atoms with Gasteiger partial charge in [-0.3, -0.25) is 4.79 Å². The summed E-state index contributed by atoms with van der Waals surface area (Å²) in [4.78, 5) is 14.3. The lowest BCUT2D eigenvalue weighted by Crippen LogP contribution is -2.18. The molecule has 3 rings (SSSR count). The van der Waals surface area contributed by atoms with Crippen LogP contribution in [0.4, 0.5) is 15.9 Å². The highest BCUT2D eigenvalue weighted by atomic mass is 19.1. The molecule has 0 aliphatic rings. The second-order valence-corrected chi connectivity index (χ2v) is 6.29. The summed E-state index contributed by atoms with van der Waals surface area (Å²) in [5.74, 6) is 0.155. The number of rotatable bonds is 6. The summed E-state index contributed by atoms with van der Waals surface area (Å²) in [6.45, 7) is 0.562. The Morgan fingerprint density at radius 1 is 1.04 bits per heavy atom. The van der Waals surface area contributed by atoms with E-state index < -0.39 is 0 Å². The van der Waals surface area contributed by atoms with E-state index in [-0.39, 0.29) is 18.1 Å². The van der Waals surface area contributed by atoms with E-state index in [2.05, 4.69) is 10.4 Å². The van der Waals surface area contributed by atoms with Crippen LogP contribution in [0.1, 0.15) is 11.1 Å². The zero-order chi connectivity index (χ0) is 18.5. The van der Waals surface area contributed by atoms with Gasteiger partial charge < -0.3 is 10.2 Å². The van der Waals surface area contributed by atoms with Gasteiger partial charge in [-0.2, -0.15) is 5.10 Å². The van der Waals surface area contributed by atoms with Crippen LogP contribution in [-0.2, 0) is 17.8 Å². The molecule has 134 valence electrons. The second-order valence-electron chi connectivity index (χ2n) is 6.29. The Balaban J connectivity index is 1.64. The SMILES string of the molecule is CN(C)c1ccc(Cn2nccc2NC(=O)Cc2ccc(F)cc2)cc1. The van der Waals surface area contributed by atoms with Gasteiger partial charge in [-0.05, 0) is 35.4 Å². The normalized spacial score (nSPS) is 10.6. The number of benzene rings is 2. The van der Waals surface area contributed by atoms with Crippen LogP contribution in [0.3, 0.4) is 0 Å². The van der Waals surface area contributed by atoms with Crippen molar-refractivity contribution in [3.8, 4) is 0 Å². The van der Waals surface area contributed by atoms with E-state index in [9.17, 15) is 9.18 Å². The Kier molecular flexibility index (Phi) is 5.31. The van der Waals surface area contributed by atoms with E-state index in [1.165, 1.54) is 12.1 Å². The van der Waals surface area contributed by atoms with E-state index in [0.29, 0.717) is 12.4 Å². The number of halogens is 1. The van der Waals surface area contributed by atoms with Crippen molar-refractivity contribution in [2.75, 3.05) is 24.3 Å². The first-order valence-corrected chi connectivity index (χ1v) is 8.33. The number of nitrogens with one attached hydrogen (secondary N) is 1. The van der Waals surface area contributed by atoms with Crippen molar-refractivity contribution in [3.05, 3.63) is 77.7 Å². The molecule has 26 heavy (non-hydrogen) atoms. The van der Waals surface area contributed by atoms with E-state index in [1.54, 1.807) is 29.1 Å². The van der Waals surface area contributed by atoms with Crippen LogP contribution in [0.5, 0.6) is 0 Å². The first-order valence-electron chi connectivity index (χ1n) is 8.33. The molecule has 2 aromatic carbocycles. The van der Waals surface area contributed by atoms with Crippen LogP contribution in [0, 0.1) is 5.82 Å². The van der Waals surface area contributed by atoms with Crippen LogP contribution in [0.25, 0.3) is 0 Å². The van der Waals surface area contributed by atoms with Crippen molar-refractivity contribution in [1.82, 2.24) is 9.78 Å². The topological polar surface area (TPSA) is 50.2 Å². The van der Waals surface area contributed by atoms with Crippen molar-refractivity contribution in [2.45, 2.75) is 13.0 Å². The van der Waals surface area contributed by atoms with E-state index in [0.717, 1.165) is 16.8 Å². The number of anilines is 2. The second kappa shape index (κ2) is 7.82. The molecule has 0 bridgehead atoms. The zero-order valence-corrected chi connectivity index (χ0v) is 14.8. The maximum absolute atomic E-state index is 12.9. The quantitative estimate of drug-likeness (QED) is 0.740. The molecule has 5 nitrogen and oxygen atoms in total. The molecule has 1 heterocycles. The molecule has 0 aliphatic heterocycles. The fraction of sp³-hybridized carbons (Fsp3) is 0.200. The van der Waals surface area contributed by atoms with Crippen molar-refractivity contribution in [1.29, 1.82) is 0 Å². The van der Waals surface area contributed by atoms with Gasteiger partial charge in [0.2, 0.25) is 5.91 Å². The molecule has 0 fully saturated rings. The minimum absolute atomic E-state index is 0.165. The van der Waals surface area contributed by atoms with Gasteiger partial charge in [-0.1, -0.05) is 24.3 Å². The van der Waals surface area contributed by atoms with Crippen LogP contribution in [0.15, 0.2) is 60.8 Å². The summed E-state index contributed by atoms with van der Waals surface area (Å²) in [5, 5.41) is 7.15. The summed E-state index contributed by atoms with van der Waals surface area (Å²) in [7, 11) is 3.99. The molecule has 6 heteroatoms. The highest BCUT2D eigenvalue weighted by Gasteiger charge is 2.09. The molecule has 0 saturated carbocycles. The summed E-state index contributed by atoms with van der Waals surface area (Å²) in [6.07, 6.45) is 1.84. The third-order valence-corrected chi connectivity index (χ3v) is 4.05. The maximum atomic E-state index is 12.9. The molecule has 0 spiro atoms. The summed E-state index contributed by atoms with van der Waals surface area (Å²) >= 11 is 0. The Hall–Kier alpha value is -3.15. The van der Waals surface area contributed by atoms with Gasteiger partial charge >= 0.3 is 0 Å². The minimum Gasteiger partial charge on any atom is -0.378 e. The highest BCUT2D eigenvalue weighted by Crippen LogP contribution is 2.15. The maximum Gasteiger partial charge on any atom is 0.229 e. The number of nitrogens with zero attached hydrogens (tertiary/aromatic N) is 3. The average Bonchev–Trinajstić information content (AvgIpc) is 3.04. The molecule has 1 aromatic heterocycles. The third-order valence-electron chi connectivity index (χ3n) is 4.05. The van der Waals surface area contributed by atoms with Crippen LogP contribution < -0.4 is 10.2 Å². The average molecular weight is 352 g/mol. The molecular formula is C20H21FN4O. The minimum atomic E-state index is -0.312. The number of aromatic nitrogens is 2. The van der Waals surface area contributed by atoms with Gasteiger partial charge in [0.1, 0.15) is 11.6 Å². The third kappa shape index (κ3) is 4.47. The largest absolute Gasteiger partial charge is 0.378 e. The van der Waals surface area contributed by atoms with Crippen LogP contribution in [0.2, 0.25) is 0 Å². The fourth-order valence-corrected chi connectivity index (χ4v) is 2.61. The molecule has 1 N–H and O–H groups in total. The smallest absolute Gasteiger partial charge is 0.229 e. The van der Waals surface area contributed by atoms with Gasteiger partial charge in [-0.25, -0.2) is 9.07 Å². The summed E-state index contributed by atoms with van der Waals surface area (Å²) in [5.41, 5.74) is 2.98. The van der Waals surface area contributed by atoms with E-state index in [1.807, 2.05) is 43.3 Å². The molecule has 3 aromatic rings. The van der Waals surface area contributed by atoms with Crippen molar-refractivity contribution in [2.24, 2.45) is 0 Å². The molecule has 1 amide bonds. The summed E-state index contributed by atoms with van der Waals surface area (Å²) < 4.78 is 14.7. The predicted molar refractivity (Wildman–Crippen MR) is 101 cm³/mol. The Bertz CT molecular complexity index is 870. The van der Waals surface area contributed by atoms with E-state index >= 15 is 0 Å². The number of hydrogen-bond donors (Lipinski definition) is 1. The summed E-state index contributed by atoms with van der Waals surface area (Å²) in [6, 6.07) is 15.9. The first kappa shape index (κ1) is 17.7. The number of carbonyl (C=O) groups is 1. The molecule has 0 saturated heterocycles. The Morgan fingerprint density at radius 2 is 1.69 bits per heavy atom. The van der Waals surface area contributed by atoms with Crippen molar-refractivity contribution < 1.29 is 9.18 Å². The standard InChI is InChI=1S/C20H21FN4O/c1-24(2)18-9-5-16(6-10-18)14-25-19(11-12-22-25)23-20(26)13-15-3-7-17(21)8-4-15/h3-12H,13-14H2,1-2H3,(H,23,26).